The predicted octanol–water partition coefficient (Wildman–Crippen LogP) is 4.25. The van der Waals surface area contributed by atoms with Crippen LogP contribution in [0.15, 0.2) is 22.7 Å². The Labute approximate surface area is 137 Å². The lowest BCUT2D eigenvalue weighted by Crippen LogP contribution is -2.16. The first-order valence-corrected chi connectivity index (χ1v) is 7.81. The second kappa shape index (κ2) is 6.62. The quantitative estimate of drug-likeness (QED) is 0.874. The van der Waals surface area contributed by atoms with E-state index in [2.05, 4.69) is 26.3 Å². The van der Waals surface area contributed by atoms with Crippen LogP contribution in [-0.4, -0.2) is 15.7 Å². The van der Waals surface area contributed by atoms with Crippen LogP contribution in [0, 0.1) is 20.8 Å². The number of aromatic nitrogens is 2. The summed E-state index contributed by atoms with van der Waals surface area (Å²) in [4.78, 5) is 12.0. The minimum atomic E-state index is -0.0518. The molecular formula is C15H17BrClN3O. The smallest absolute Gasteiger partial charge is 0.226 e. The number of halogens is 2. The molecule has 0 atom stereocenters. The Kier molecular flexibility index (Phi) is 5.06. The Morgan fingerprint density at radius 1 is 1.38 bits per heavy atom. The average Bonchev–Trinajstić information content (AvgIpc) is 2.68. The Balaban J connectivity index is 1.99. The molecule has 112 valence electrons. The number of amides is 1. The van der Waals surface area contributed by atoms with Gasteiger partial charge in [-0.05, 0) is 54.4 Å². The minimum Gasteiger partial charge on any atom is -0.326 e. The van der Waals surface area contributed by atoms with Gasteiger partial charge in [-0.25, -0.2) is 0 Å². The van der Waals surface area contributed by atoms with Crippen LogP contribution in [0.3, 0.4) is 0 Å². The lowest BCUT2D eigenvalue weighted by Gasteiger charge is -2.09. The van der Waals surface area contributed by atoms with Crippen molar-refractivity contribution in [3.05, 3.63) is 44.6 Å². The summed E-state index contributed by atoms with van der Waals surface area (Å²) in [5, 5.41) is 7.88. The van der Waals surface area contributed by atoms with Crippen molar-refractivity contribution >= 4 is 39.1 Å². The number of nitrogens with one attached hydrogen (secondary N) is 1. The van der Waals surface area contributed by atoms with E-state index >= 15 is 0 Å². The van der Waals surface area contributed by atoms with Gasteiger partial charge in [0.05, 0.1) is 16.7 Å². The summed E-state index contributed by atoms with van der Waals surface area (Å²) in [6.07, 6.45) is 0.361. The van der Waals surface area contributed by atoms with Crippen LogP contribution in [0.2, 0.25) is 5.02 Å². The molecule has 0 saturated heterocycles. The van der Waals surface area contributed by atoms with Gasteiger partial charge in [-0.3, -0.25) is 9.48 Å². The van der Waals surface area contributed by atoms with Gasteiger partial charge in [-0.15, -0.1) is 0 Å². The first-order chi connectivity index (χ1) is 9.88. The molecule has 0 fully saturated rings. The summed E-state index contributed by atoms with van der Waals surface area (Å²) in [7, 11) is 0. The molecule has 0 unspecified atom stereocenters. The van der Waals surface area contributed by atoms with Crippen LogP contribution in [0.5, 0.6) is 0 Å². The largest absolute Gasteiger partial charge is 0.326 e. The van der Waals surface area contributed by atoms with Crippen molar-refractivity contribution in [2.75, 3.05) is 5.32 Å². The maximum absolute atomic E-state index is 12.0. The number of carbonyl (C=O) groups is 1. The standard InChI is InChI=1S/C15H17BrClN3O/c1-9-4-5-12(17)8-13(9)18-14(21)6-7-20-11(3)15(16)10(2)19-20/h4-5,8H,6-7H2,1-3H3,(H,18,21). The summed E-state index contributed by atoms with van der Waals surface area (Å²) in [5.41, 5.74) is 3.70. The monoisotopic (exact) mass is 369 g/mol. The third-order valence-corrected chi connectivity index (χ3v) is 4.70. The SMILES string of the molecule is Cc1ccc(Cl)cc1NC(=O)CCn1nc(C)c(Br)c1C. The molecule has 4 nitrogen and oxygen atoms in total. The zero-order valence-corrected chi connectivity index (χ0v) is 14.5. The molecule has 21 heavy (non-hydrogen) atoms. The third kappa shape index (κ3) is 3.86. The number of hydrogen-bond acceptors (Lipinski definition) is 2. The van der Waals surface area contributed by atoms with Gasteiger partial charge in [-0.2, -0.15) is 5.10 Å². The number of carbonyl (C=O) groups excluding carboxylic acids is 1. The van der Waals surface area contributed by atoms with E-state index in [-0.39, 0.29) is 5.91 Å². The summed E-state index contributed by atoms with van der Waals surface area (Å²) < 4.78 is 2.83. The van der Waals surface area contributed by atoms with Gasteiger partial charge in [0.1, 0.15) is 0 Å². The van der Waals surface area contributed by atoms with Crippen molar-refractivity contribution in [1.29, 1.82) is 0 Å². The number of benzene rings is 1. The molecule has 1 heterocycles. The summed E-state index contributed by atoms with van der Waals surface area (Å²) in [5.74, 6) is -0.0518. The maximum Gasteiger partial charge on any atom is 0.226 e. The highest BCUT2D eigenvalue weighted by atomic mass is 79.9. The molecule has 2 rings (SSSR count). The van der Waals surface area contributed by atoms with Crippen molar-refractivity contribution in [2.24, 2.45) is 0 Å². The fourth-order valence-electron chi connectivity index (χ4n) is 2.04. The van der Waals surface area contributed by atoms with Gasteiger partial charge in [-0.1, -0.05) is 17.7 Å². The second-order valence-electron chi connectivity index (χ2n) is 4.97. The van der Waals surface area contributed by atoms with E-state index in [1.54, 1.807) is 12.1 Å². The molecule has 1 aromatic carbocycles. The van der Waals surface area contributed by atoms with E-state index in [4.69, 9.17) is 11.6 Å². The van der Waals surface area contributed by atoms with E-state index < -0.39 is 0 Å². The molecule has 0 radical (unpaired) electrons. The number of anilines is 1. The van der Waals surface area contributed by atoms with Crippen LogP contribution in [0.1, 0.15) is 23.4 Å². The highest BCUT2D eigenvalue weighted by molar-refractivity contribution is 9.10. The molecule has 1 amide bonds. The molecule has 1 N–H and O–H groups in total. The number of nitrogens with zero attached hydrogens (tertiary/aromatic N) is 2. The predicted molar refractivity (Wildman–Crippen MR) is 88.8 cm³/mol. The van der Waals surface area contributed by atoms with Crippen molar-refractivity contribution in [3.63, 3.8) is 0 Å². The molecule has 0 aliphatic heterocycles. The van der Waals surface area contributed by atoms with Gasteiger partial charge in [0.15, 0.2) is 0 Å². The molecular weight excluding hydrogens is 354 g/mol. The van der Waals surface area contributed by atoms with Crippen LogP contribution in [-0.2, 0) is 11.3 Å². The van der Waals surface area contributed by atoms with E-state index in [1.807, 2.05) is 31.5 Å². The number of hydrogen-bond donors (Lipinski definition) is 1. The highest BCUT2D eigenvalue weighted by Crippen LogP contribution is 2.21. The van der Waals surface area contributed by atoms with Gasteiger partial charge >= 0.3 is 0 Å². The molecule has 1 aromatic heterocycles. The highest BCUT2D eigenvalue weighted by Gasteiger charge is 2.11. The van der Waals surface area contributed by atoms with Crippen molar-refractivity contribution < 1.29 is 4.79 Å². The van der Waals surface area contributed by atoms with Crippen molar-refractivity contribution in [2.45, 2.75) is 33.7 Å². The summed E-state index contributed by atoms with van der Waals surface area (Å²) in [6.45, 7) is 6.39. The number of rotatable bonds is 4. The molecule has 0 bridgehead atoms. The topological polar surface area (TPSA) is 46.9 Å². The van der Waals surface area contributed by atoms with Gasteiger partial charge in [0.2, 0.25) is 5.91 Å². The molecule has 0 saturated carbocycles. The lowest BCUT2D eigenvalue weighted by atomic mass is 10.2. The molecule has 6 heteroatoms. The first-order valence-electron chi connectivity index (χ1n) is 6.64. The summed E-state index contributed by atoms with van der Waals surface area (Å²) in [6, 6.07) is 5.45. The Morgan fingerprint density at radius 3 is 2.71 bits per heavy atom. The van der Waals surface area contributed by atoms with Crippen LogP contribution >= 0.6 is 27.5 Å². The first kappa shape index (κ1) is 16.0. The van der Waals surface area contributed by atoms with E-state index in [9.17, 15) is 4.79 Å². The minimum absolute atomic E-state index is 0.0518. The third-order valence-electron chi connectivity index (χ3n) is 3.32. The van der Waals surface area contributed by atoms with E-state index in [0.29, 0.717) is 18.0 Å². The lowest BCUT2D eigenvalue weighted by molar-refractivity contribution is -0.116. The second-order valence-corrected chi connectivity index (χ2v) is 6.19. The van der Waals surface area contributed by atoms with Crippen molar-refractivity contribution in [3.8, 4) is 0 Å². The Hall–Kier alpha value is -1.33. The van der Waals surface area contributed by atoms with Crippen LogP contribution in [0.4, 0.5) is 5.69 Å². The molecule has 0 aliphatic carbocycles. The fourth-order valence-corrected chi connectivity index (χ4v) is 2.50. The maximum atomic E-state index is 12.0. The van der Waals surface area contributed by atoms with Gasteiger partial charge in [0.25, 0.3) is 0 Å². The van der Waals surface area contributed by atoms with E-state index in [0.717, 1.165) is 27.1 Å². The van der Waals surface area contributed by atoms with Gasteiger partial charge < -0.3 is 5.32 Å². The zero-order valence-electron chi connectivity index (χ0n) is 12.2. The zero-order chi connectivity index (χ0) is 15.6. The summed E-state index contributed by atoms with van der Waals surface area (Å²) >= 11 is 9.42. The average molecular weight is 371 g/mol. The Bertz CT molecular complexity index is 682. The van der Waals surface area contributed by atoms with E-state index in [1.165, 1.54) is 0 Å². The number of aryl methyl sites for hydroxylation is 3. The van der Waals surface area contributed by atoms with Crippen molar-refractivity contribution in [1.82, 2.24) is 9.78 Å². The van der Waals surface area contributed by atoms with Crippen LogP contribution < -0.4 is 5.32 Å². The fraction of sp³-hybridized carbons (Fsp3) is 0.333. The molecule has 0 spiro atoms. The van der Waals surface area contributed by atoms with Gasteiger partial charge in [0, 0.05) is 22.8 Å². The Morgan fingerprint density at radius 2 is 2.10 bits per heavy atom. The normalized spacial score (nSPS) is 10.7. The molecule has 2 aromatic rings. The van der Waals surface area contributed by atoms with Crippen LogP contribution in [0.25, 0.3) is 0 Å². The molecule has 0 aliphatic rings.